The molecule has 0 spiro atoms. The lowest BCUT2D eigenvalue weighted by molar-refractivity contribution is 0.581. The lowest BCUT2D eigenvalue weighted by Crippen LogP contribution is -2.13. The van der Waals surface area contributed by atoms with Gasteiger partial charge in [0, 0.05) is 44.1 Å². The van der Waals surface area contributed by atoms with E-state index in [2.05, 4.69) is 48.5 Å². The number of hydrogen-bond acceptors (Lipinski definition) is 3. The zero-order chi connectivity index (χ0) is 14.4. The Labute approximate surface area is 121 Å². The number of aromatic nitrogens is 4. The molecular formula is C15H25N5. The average molecular weight is 275 g/mol. The van der Waals surface area contributed by atoms with Crippen molar-refractivity contribution in [3.63, 3.8) is 0 Å². The van der Waals surface area contributed by atoms with Crippen molar-refractivity contribution in [1.29, 1.82) is 0 Å². The molecule has 0 saturated carbocycles. The van der Waals surface area contributed by atoms with Crippen molar-refractivity contribution in [3.05, 3.63) is 35.4 Å². The summed E-state index contributed by atoms with van der Waals surface area (Å²) < 4.78 is 4.03. The van der Waals surface area contributed by atoms with E-state index in [4.69, 9.17) is 0 Å². The van der Waals surface area contributed by atoms with Crippen LogP contribution in [0, 0.1) is 6.92 Å². The van der Waals surface area contributed by atoms with Crippen LogP contribution in [0.15, 0.2) is 18.5 Å². The predicted molar refractivity (Wildman–Crippen MR) is 80.3 cm³/mol. The Morgan fingerprint density at radius 2 is 1.80 bits per heavy atom. The highest BCUT2D eigenvalue weighted by atomic mass is 15.3. The molecule has 2 aromatic rings. The van der Waals surface area contributed by atoms with Crippen LogP contribution in [-0.2, 0) is 26.2 Å². The molecule has 0 fully saturated rings. The number of aryl methyl sites for hydroxylation is 3. The zero-order valence-corrected chi connectivity index (χ0v) is 12.8. The first kappa shape index (κ1) is 14.8. The third kappa shape index (κ3) is 3.93. The summed E-state index contributed by atoms with van der Waals surface area (Å²) in [7, 11) is 0. The molecule has 0 unspecified atom stereocenters. The van der Waals surface area contributed by atoms with E-state index in [9.17, 15) is 0 Å². The summed E-state index contributed by atoms with van der Waals surface area (Å²) in [6.07, 6.45) is 6.42. The zero-order valence-electron chi connectivity index (χ0n) is 12.8. The van der Waals surface area contributed by atoms with Crippen LogP contribution in [0.1, 0.15) is 43.6 Å². The van der Waals surface area contributed by atoms with Gasteiger partial charge in [0.2, 0.25) is 0 Å². The summed E-state index contributed by atoms with van der Waals surface area (Å²) in [6, 6.07) is 2.08. The van der Waals surface area contributed by atoms with Crippen LogP contribution < -0.4 is 5.32 Å². The smallest absolute Gasteiger partial charge is 0.0762 e. The highest BCUT2D eigenvalue weighted by molar-refractivity contribution is 5.15. The fourth-order valence-electron chi connectivity index (χ4n) is 2.25. The minimum absolute atomic E-state index is 0.801. The molecule has 0 radical (unpaired) electrons. The van der Waals surface area contributed by atoms with Gasteiger partial charge in [-0.3, -0.25) is 9.36 Å². The normalized spacial score (nSPS) is 11.2. The molecule has 0 saturated heterocycles. The van der Waals surface area contributed by atoms with E-state index < -0.39 is 0 Å². The highest BCUT2D eigenvalue weighted by Crippen LogP contribution is 2.06. The fraction of sp³-hybridized carbons (Fsp3) is 0.600. The lowest BCUT2D eigenvalue weighted by atomic mass is 10.2. The van der Waals surface area contributed by atoms with Crippen molar-refractivity contribution >= 4 is 0 Å². The van der Waals surface area contributed by atoms with Gasteiger partial charge < -0.3 is 5.32 Å². The van der Waals surface area contributed by atoms with Crippen molar-refractivity contribution < 1.29 is 0 Å². The molecule has 0 aliphatic rings. The average Bonchev–Trinajstić information content (AvgIpc) is 2.99. The van der Waals surface area contributed by atoms with Gasteiger partial charge in [-0.15, -0.1) is 0 Å². The van der Waals surface area contributed by atoms with E-state index in [1.165, 1.54) is 5.56 Å². The van der Waals surface area contributed by atoms with Crippen LogP contribution in [-0.4, -0.2) is 19.6 Å². The SMILES string of the molecule is CCCn1ccc(CNCc2cn(CCC)nc2C)n1. The third-order valence-corrected chi connectivity index (χ3v) is 3.27. The largest absolute Gasteiger partial charge is 0.307 e. The standard InChI is InChI=1S/C15H25N5/c1-4-7-19-9-6-15(18-19)11-16-10-14-12-20(8-5-2)17-13(14)3/h6,9,12,16H,4-5,7-8,10-11H2,1-3H3. The topological polar surface area (TPSA) is 47.7 Å². The summed E-state index contributed by atoms with van der Waals surface area (Å²) in [5.74, 6) is 0. The monoisotopic (exact) mass is 275 g/mol. The second kappa shape index (κ2) is 7.24. The molecule has 0 atom stereocenters. The second-order valence-electron chi connectivity index (χ2n) is 5.18. The Balaban J connectivity index is 1.82. The van der Waals surface area contributed by atoms with Gasteiger partial charge in [-0.25, -0.2) is 0 Å². The Hall–Kier alpha value is -1.62. The van der Waals surface area contributed by atoms with Gasteiger partial charge in [-0.2, -0.15) is 10.2 Å². The van der Waals surface area contributed by atoms with Gasteiger partial charge >= 0.3 is 0 Å². The molecular weight excluding hydrogens is 250 g/mol. The molecule has 5 heteroatoms. The molecule has 0 aliphatic heterocycles. The van der Waals surface area contributed by atoms with E-state index >= 15 is 0 Å². The molecule has 0 amide bonds. The van der Waals surface area contributed by atoms with Crippen LogP contribution in [0.3, 0.4) is 0 Å². The third-order valence-electron chi connectivity index (χ3n) is 3.27. The summed E-state index contributed by atoms with van der Waals surface area (Å²) in [6.45, 7) is 10.0. The van der Waals surface area contributed by atoms with Gasteiger partial charge in [0.1, 0.15) is 0 Å². The summed E-state index contributed by atoms with van der Waals surface area (Å²) in [5, 5.41) is 12.5. The fourth-order valence-corrected chi connectivity index (χ4v) is 2.25. The Bertz CT molecular complexity index is 526. The van der Waals surface area contributed by atoms with Crippen molar-refractivity contribution in [1.82, 2.24) is 24.9 Å². The Morgan fingerprint density at radius 3 is 2.55 bits per heavy atom. The Morgan fingerprint density at radius 1 is 1.05 bits per heavy atom. The molecule has 5 nitrogen and oxygen atoms in total. The molecule has 0 aromatic carbocycles. The number of hydrogen-bond donors (Lipinski definition) is 1. The van der Waals surface area contributed by atoms with Crippen LogP contribution in [0.25, 0.3) is 0 Å². The number of rotatable bonds is 8. The van der Waals surface area contributed by atoms with E-state index in [0.29, 0.717) is 0 Å². The maximum atomic E-state index is 4.52. The molecule has 2 rings (SSSR count). The van der Waals surface area contributed by atoms with Gasteiger partial charge in [0.15, 0.2) is 0 Å². The number of nitrogens with zero attached hydrogens (tertiary/aromatic N) is 4. The van der Waals surface area contributed by atoms with Crippen molar-refractivity contribution in [3.8, 4) is 0 Å². The van der Waals surface area contributed by atoms with Gasteiger partial charge in [0.05, 0.1) is 11.4 Å². The molecule has 0 aliphatic carbocycles. The molecule has 0 bridgehead atoms. The molecule has 2 aromatic heterocycles. The predicted octanol–water partition coefficient (Wildman–Crippen LogP) is 2.50. The lowest BCUT2D eigenvalue weighted by Gasteiger charge is -2.01. The highest BCUT2D eigenvalue weighted by Gasteiger charge is 2.04. The van der Waals surface area contributed by atoms with Crippen molar-refractivity contribution in [2.24, 2.45) is 0 Å². The van der Waals surface area contributed by atoms with E-state index in [1.54, 1.807) is 0 Å². The molecule has 2 heterocycles. The molecule has 110 valence electrons. The maximum Gasteiger partial charge on any atom is 0.0762 e. The van der Waals surface area contributed by atoms with Gasteiger partial charge in [-0.1, -0.05) is 13.8 Å². The second-order valence-corrected chi connectivity index (χ2v) is 5.18. The first-order chi connectivity index (χ1) is 9.72. The number of nitrogens with one attached hydrogen (secondary N) is 1. The van der Waals surface area contributed by atoms with Crippen LogP contribution in [0.2, 0.25) is 0 Å². The van der Waals surface area contributed by atoms with Crippen LogP contribution in [0.4, 0.5) is 0 Å². The summed E-state index contributed by atoms with van der Waals surface area (Å²) >= 11 is 0. The van der Waals surface area contributed by atoms with Gasteiger partial charge in [-0.05, 0) is 25.8 Å². The Kier molecular flexibility index (Phi) is 5.35. The maximum absolute atomic E-state index is 4.52. The minimum atomic E-state index is 0.801. The van der Waals surface area contributed by atoms with Crippen molar-refractivity contribution in [2.45, 2.75) is 59.8 Å². The first-order valence-corrected chi connectivity index (χ1v) is 7.49. The summed E-state index contributed by atoms with van der Waals surface area (Å²) in [4.78, 5) is 0. The van der Waals surface area contributed by atoms with Crippen molar-refractivity contribution in [2.75, 3.05) is 0 Å². The molecule has 1 N–H and O–H groups in total. The van der Waals surface area contributed by atoms with Crippen LogP contribution in [0.5, 0.6) is 0 Å². The molecule has 20 heavy (non-hydrogen) atoms. The van der Waals surface area contributed by atoms with E-state index in [1.807, 2.05) is 15.6 Å². The first-order valence-electron chi connectivity index (χ1n) is 7.49. The van der Waals surface area contributed by atoms with Gasteiger partial charge in [0.25, 0.3) is 0 Å². The quantitative estimate of drug-likeness (QED) is 0.805. The summed E-state index contributed by atoms with van der Waals surface area (Å²) in [5.41, 5.74) is 3.48. The van der Waals surface area contributed by atoms with E-state index in [0.717, 1.165) is 50.4 Å². The van der Waals surface area contributed by atoms with Crippen LogP contribution >= 0.6 is 0 Å². The minimum Gasteiger partial charge on any atom is -0.307 e. The van der Waals surface area contributed by atoms with E-state index in [-0.39, 0.29) is 0 Å².